The number of aryl methyl sites for hydroxylation is 1. The van der Waals surface area contributed by atoms with Gasteiger partial charge in [-0.25, -0.2) is 0 Å². The van der Waals surface area contributed by atoms with Gasteiger partial charge in [0.25, 0.3) is 0 Å². The fourth-order valence-electron chi connectivity index (χ4n) is 5.57. The van der Waals surface area contributed by atoms with E-state index in [0.717, 1.165) is 45.8 Å². The topological polar surface area (TPSA) is 11.4 Å². The summed E-state index contributed by atoms with van der Waals surface area (Å²) in [6.07, 6.45) is 0. The average Bonchev–Trinajstić information content (AvgIpc) is 3.18. The zero-order valence-corrected chi connectivity index (χ0v) is 19.4. The maximum atomic E-state index is 2.61. The predicted molar refractivity (Wildman–Crippen MR) is 140 cm³/mol. The van der Waals surface area contributed by atoms with Crippen LogP contribution in [0.15, 0.2) is 84.9 Å². The molecule has 2 heterocycles. The summed E-state index contributed by atoms with van der Waals surface area (Å²) in [6.45, 7) is 9.81. The highest BCUT2D eigenvalue weighted by Crippen LogP contribution is 2.30. The molecule has 166 valence electrons. The molecule has 0 atom stereocenters. The molecular formula is C30H31N3. The molecule has 1 fully saturated rings. The largest absolute Gasteiger partial charge is 0.341 e. The number of para-hydroxylation sites is 1. The Hall–Kier alpha value is -3.14. The normalized spacial score (nSPS) is 15.7. The summed E-state index contributed by atoms with van der Waals surface area (Å²) in [5.74, 6) is 0. The standard InChI is InChI=1S/C30H31N3/c1-2-33-29-13-6-5-12-27(29)28-20-23(14-15-30(28)33)21-31-16-18-32(19-17-31)22-25-10-7-9-24-8-3-4-11-26(24)25/h3-15,20H,2,16-19,21-22H2,1H3. The lowest BCUT2D eigenvalue weighted by atomic mass is 10.0. The van der Waals surface area contributed by atoms with Gasteiger partial charge in [-0.2, -0.15) is 0 Å². The lowest BCUT2D eigenvalue weighted by Gasteiger charge is -2.35. The Morgan fingerprint density at radius 2 is 1.27 bits per heavy atom. The summed E-state index contributed by atoms with van der Waals surface area (Å²) in [4.78, 5) is 5.22. The molecule has 0 unspecified atom stereocenters. The summed E-state index contributed by atoms with van der Waals surface area (Å²) in [5, 5.41) is 5.49. The van der Waals surface area contributed by atoms with Gasteiger partial charge in [0.1, 0.15) is 0 Å². The van der Waals surface area contributed by atoms with Crippen LogP contribution in [0.2, 0.25) is 0 Å². The van der Waals surface area contributed by atoms with Crippen molar-refractivity contribution < 1.29 is 0 Å². The Labute approximate surface area is 195 Å². The third-order valence-electron chi connectivity index (χ3n) is 7.30. The first kappa shape index (κ1) is 20.5. The molecule has 0 radical (unpaired) electrons. The highest BCUT2D eigenvalue weighted by molar-refractivity contribution is 6.08. The molecule has 1 aliphatic heterocycles. The Balaban J connectivity index is 1.16. The van der Waals surface area contributed by atoms with Crippen LogP contribution in [-0.4, -0.2) is 40.5 Å². The van der Waals surface area contributed by atoms with Crippen molar-refractivity contribution in [3.8, 4) is 0 Å². The van der Waals surface area contributed by atoms with Gasteiger partial charge in [-0.05, 0) is 47.0 Å². The predicted octanol–water partition coefficient (Wildman–Crippen LogP) is 6.29. The smallest absolute Gasteiger partial charge is 0.0491 e. The molecule has 0 saturated carbocycles. The van der Waals surface area contributed by atoms with Crippen molar-refractivity contribution in [1.29, 1.82) is 0 Å². The number of benzene rings is 4. The zero-order chi connectivity index (χ0) is 22.2. The van der Waals surface area contributed by atoms with Gasteiger partial charge in [0.05, 0.1) is 0 Å². The van der Waals surface area contributed by atoms with Crippen LogP contribution in [0.4, 0.5) is 0 Å². The highest BCUT2D eigenvalue weighted by Gasteiger charge is 2.18. The number of nitrogens with zero attached hydrogens (tertiary/aromatic N) is 3. The highest BCUT2D eigenvalue weighted by atomic mass is 15.3. The number of aromatic nitrogens is 1. The molecule has 5 aromatic rings. The molecule has 4 aromatic carbocycles. The second-order valence-electron chi connectivity index (χ2n) is 9.30. The Bertz CT molecular complexity index is 1420. The average molecular weight is 434 g/mol. The van der Waals surface area contributed by atoms with Crippen molar-refractivity contribution in [2.24, 2.45) is 0 Å². The van der Waals surface area contributed by atoms with Gasteiger partial charge in [-0.15, -0.1) is 0 Å². The van der Waals surface area contributed by atoms with Crippen molar-refractivity contribution in [3.05, 3.63) is 96.1 Å². The van der Waals surface area contributed by atoms with Gasteiger partial charge in [0.2, 0.25) is 0 Å². The third kappa shape index (κ3) is 3.82. The molecule has 1 saturated heterocycles. The van der Waals surface area contributed by atoms with Crippen LogP contribution in [0.1, 0.15) is 18.1 Å². The minimum atomic E-state index is 1.00. The lowest BCUT2D eigenvalue weighted by Crippen LogP contribution is -2.45. The van der Waals surface area contributed by atoms with E-state index in [-0.39, 0.29) is 0 Å². The van der Waals surface area contributed by atoms with E-state index < -0.39 is 0 Å². The number of fused-ring (bicyclic) bond motifs is 4. The van der Waals surface area contributed by atoms with Crippen LogP contribution >= 0.6 is 0 Å². The van der Waals surface area contributed by atoms with Crippen molar-refractivity contribution >= 4 is 32.6 Å². The molecule has 1 aromatic heterocycles. The lowest BCUT2D eigenvalue weighted by molar-refractivity contribution is 0.122. The summed E-state index contributed by atoms with van der Waals surface area (Å²) in [7, 11) is 0. The monoisotopic (exact) mass is 433 g/mol. The summed E-state index contributed by atoms with van der Waals surface area (Å²) in [5.41, 5.74) is 5.56. The van der Waals surface area contributed by atoms with E-state index in [4.69, 9.17) is 0 Å². The van der Waals surface area contributed by atoms with E-state index in [1.54, 1.807) is 0 Å². The Morgan fingerprint density at radius 3 is 2.09 bits per heavy atom. The van der Waals surface area contributed by atoms with Gasteiger partial charge >= 0.3 is 0 Å². The summed E-state index contributed by atoms with van der Waals surface area (Å²) in [6, 6.07) is 31.3. The maximum absolute atomic E-state index is 2.61. The van der Waals surface area contributed by atoms with E-state index in [1.165, 1.54) is 43.7 Å². The molecule has 1 aliphatic rings. The number of rotatable bonds is 5. The first-order valence-electron chi connectivity index (χ1n) is 12.2. The summed E-state index contributed by atoms with van der Waals surface area (Å²) < 4.78 is 2.43. The number of piperazine rings is 1. The van der Waals surface area contributed by atoms with Gasteiger partial charge in [-0.3, -0.25) is 9.80 Å². The van der Waals surface area contributed by atoms with E-state index in [1.807, 2.05) is 0 Å². The van der Waals surface area contributed by atoms with Gasteiger partial charge in [-0.1, -0.05) is 66.7 Å². The second-order valence-corrected chi connectivity index (χ2v) is 9.30. The van der Waals surface area contributed by atoms with Gasteiger partial charge in [0, 0.05) is 67.6 Å². The fourth-order valence-corrected chi connectivity index (χ4v) is 5.57. The maximum Gasteiger partial charge on any atom is 0.0491 e. The van der Waals surface area contributed by atoms with E-state index >= 15 is 0 Å². The van der Waals surface area contributed by atoms with E-state index in [9.17, 15) is 0 Å². The van der Waals surface area contributed by atoms with Crippen LogP contribution in [0, 0.1) is 0 Å². The molecule has 3 nitrogen and oxygen atoms in total. The molecular weight excluding hydrogens is 402 g/mol. The van der Waals surface area contributed by atoms with Crippen molar-refractivity contribution in [3.63, 3.8) is 0 Å². The van der Waals surface area contributed by atoms with Crippen LogP contribution in [0.3, 0.4) is 0 Å². The first-order valence-corrected chi connectivity index (χ1v) is 12.2. The van der Waals surface area contributed by atoms with Gasteiger partial charge in [0.15, 0.2) is 0 Å². The van der Waals surface area contributed by atoms with Crippen LogP contribution in [0.25, 0.3) is 32.6 Å². The van der Waals surface area contributed by atoms with Crippen molar-refractivity contribution in [2.45, 2.75) is 26.6 Å². The molecule has 6 rings (SSSR count). The van der Waals surface area contributed by atoms with Crippen LogP contribution in [-0.2, 0) is 19.6 Å². The second kappa shape index (κ2) is 8.66. The zero-order valence-electron chi connectivity index (χ0n) is 19.4. The Kier molecular flexibility index (Phi) is 5.37. The molecule has 0 aliphatic carbocycles. The quantitative estimate of drug-likeness (QED) is 0.323. The first-order chi connectivity index (χ1) is 16.3. The van der Waals surface area contributed by atoms with E-state index in [2.05, 4.69) is 106 Å². The van der Waals surface area contributed by atoms with Crippen LogP contribution < -0.4 is 0 Å². The number of hydrogen-bond donors (Lipinski definition) is 0. The third-order valence-corrected chi connectivity index (χ3v) is 7.30. The molecule has 0 N–H and O–H groups in total. The molecule has 0 spiro atoms. The van der Waals surface area contributed by atoms with Crippen molar-refractivity contribution in [2.75, 3.05) is 26.2 Å². The number of hydrogen-bond acceptors (Lipinski definition) is 2. The molecule has 3 heteroatoms. The minimum absolute atomic E-state index is 1.00. The SMILES string of the molecule is CCn1c2ccccc2c2cc(CN3CCN(Cc4cccc5ccccc45)CC3)ccc21. The minimum Gasteiger partial charge on any atom is -0.341 e. The van der Waals surface area contributed by atoms with E-state index in [0.29, 0.717) is 0 Å². The van der Waals surface area contributed by atoms with Crippen LogP contribution in [0.5, 0.6) is 0 Å². The van der Waals surface area contributed by atoms with Gasteiger partial charge < -0.3 is 4.57 Å². The Morgan fingerprint density at radius 1 is 0.606 bits per heavy atom. The fraction of sp³-hybridized carbons (Fsp3) is 0.267. The molecule has 0 amide bonds. The summed E-state index contributed by atoms with van der Waals surface area (Å²) >= 11 is 0. The molecule has 33 heavy (non-hydrogen) atoms. The molecule has 0 bridgehead atoms. The van der Waals surface area contributed by atoms with Crippen molar-refractivity contribution in [1.82, 2.24) is 14.4 Å².